The largest absolute Gasteiger partial charge is 0.472 e. The van der Waals surface area contributed by atoms with Crippen LogP contribution < -0.4 is 0 Å². The van der Waals surface area contributed by atoms with Crippen molar-refractivity contribution in [1.29, 1.82) is 0 Å². The van der Waals surface area contributed by atoms with Crippen LogP contribution in [0.4, 0.5) is 0 Å². The van der Waals surface area contributed by atoms with Crippen LogP contribution in [0.25, 0.3) is 0 Å². The number of hydrogen-bond acceptors (Lipinski definition) is 15. The van der Waals surface area contributed by atoms with Crippen LogP contribution in [0.2, 0.25) is 0 Å². The van der Waals surface area contributed by atoms with Crippen molar-refractivity contribution < 1.29 is 80.2 Å². The molecule has 17 nitrogen and oxygen atoms in total. The smallest absolute Gasteiger partial charge is 0.462 e. The Hall–Kier alpha value is -1.94. The summed E-state index contributed by atoms with van der Waals surface area (Å²) in [5.41, 5.74) is 0. The van der Waals surface area contributed by atoms with Gasteiger partial charge in [-0.1, -0.05) is 370 Å². The molecule has 0 aromatic carbocycles. The first-order valence-corrected chi connectivity index (χ1v) is 45.3. The van der Waals surface area contributed by atoms with E-state index in [1.165, 1.54) is 218 Å². The van der Waals surface area contributed by atoms with E-state index in [1.807, 2.05) is 0 Å². The van der Waals surface area contributed by atoms with E-state index >= 15 is 0 Å². The van der Waals surface area contributed by atoms with Gasteiger partial charge in [-0.05, 0) is 49.4 Å². The van der Waals surface area contributed by atoms with E-state index in [1.54, 1.807) is 0 Å². The van der Waals surface area contributed by atoms with Gasteiger partial charge >= 0.3 is 39.5 Å². The highest BCUT2D eigenvalue weighted by atomic mass is 31.2. The quantitative estimate of drug-likeness (QED) is 0.0222. The number of esters is 4. The van der Waals surface area contributed by atoms with Gasteiger partial charge in [0.1, 0.15) is 19.3 Å². The van der Waals surface area contributed by atoms with E-state index in [4.69, 9.17) is 37.0 Å². The summed E-state index contributed by atoms with van der Waals surface area (Å²) in [5.74, 6) is 1.02. The van der Waals surface area contributed by atoms with Crippen molar-refractivity contribution in [3.63, 3.8) is 0 Å². The standard InChI is InChI=1S/C82H160O17P2/c1-9-74(7)60-52-44-35-29-23-19-15-13-11-12-14-16-21-25-31-38-48-56-65-82(87)99-78(69-93-80(85)63-55-47-41-40-43-51-59-73(5)6)71-97-101(90,91)95-67-76(83)66-94-100(88,89)96-70-77(68-92-79(84)62-54-46-37-33-27-28-34-42-50-58-72(3)4)98-81(86)64-57-49-39-32-26-22-18-17-20-24-30-36-45-53-61-75(8)10-2/h72-78,83H,9-71H2,1-8H3,(H,88,89)(H,90,91)/t74?,75?,76-,77-,78-/m1/s1. The van der Waals surface area contributed by atoms with Crippen LogP contribution >= 0.6 is 15.6 Å². The number of phosphoric ester groups is 2. The van der Waals surface area contributed by atoms with Crippen LogP contribution in [0, 0.1) is 23.7 Å². The molecule has 0 saturated carbocycles. The van der Waals surface area contributed by atoms with Crippen LogP contribution in [-0.2, 0) is 65.4 Å². The third-order valence-electron chi connectivity index (χ3n) is 19.8. The van der Waals surface area contributed by atoms with Crippen molar-refractivity contribution in [2.45, 2.75) is 440 Å². The minimum absolute atomic E-state index is 0.107. The van der Waals surface area contributed by atoms with Crippen molar-refractivity contribution >= 4 is 39.5 Å². The Balaban J connectivity index is 5.17. The molecular weight excluding hydrogens is 1320 g/mol. The maximum absolute atomic E-state index is 13.1. The molecule has 600 valence electrons. The molecule has 7 atom stereocenters. The molecule has 19 heteroatoms. The lowest BCUT2D eigenvalue weighted by atomic mass is 9.99. The van der Waals surface area contributed by atoms with Crippen molar-refractivity contribution in [3.05, 3.63) is 0 Å². The monoisotopic (exact) mass is 1480 g/mol. The van der Waals surface area contributed by atoms with Gasteiger partial charge in [-0.25, -0.2) is 9.13 Å². The zero-order chi connectivity index (χ0) is 74.6. The third-order valence-corrected chi connectivity index (χ3v) is 21.7. The molecule has 0 heterocycles. The molecule has 3 N–H and O–H groups in total. The van der Waals surface area contributed by atoms with E-state index < -0.39 is 97.5 Å². The second-order valence-electron chi connectivity index (χ2n) is 31.0. The average Bonchev–Trinajstić information content (AvgIpc) is 0.960. The molecule has 0 spiro atoms. The second-order valence-corrected chi connectivity index (χ2v) is 33.9. The Morgan fingerprint density at radius 3 is 0.703 bits per heavy atom. The average molecular weight is 1480 g/mol. The number of phosphoric acid groups is 2. The van der Waals surface area contributed by atoms with Crippen LogP contribution in [0.15, 0.2) is 0 Å². The predicted molar refractivity (Wildman–Crippen MR) is 414 cm³/mol. The third kappa shape index (κ3) is 73.4. The highest BCUT2D eigenvalue weighted by Gasteiger charge is 2.30. The minimum atomic E-state index is -4.96. The van der Waals surface area contributed by atoms with E-state index in [0.717, 1.165) is 114 Å². The number of aliphatic hydroxyl groups excluding tert-OH is 1. The SMILES string of the molecule is CCC(C)CCCCCCCCCCCCCCCCCCCCC(=O)O[C@H](COC(=O)CCCCCCCCC(C)C)COP(=O)(O)OC[C@H](O)COP(=O)(O)OC[C@@H](COC(=O)CCCCCCCCCCCC(C)C)OC(=O)CCCCCCCCCCCCCCCCC(C)CC. The summed E-state index contributed by atoms with van der Waals surface area (Å²) in [6, 6.07) is 0. The van der Waals surface area contributed by atoms with Gasteiger partial charge in [0.25, 0.3) is 0 Å². The molecule has 0 aromatic rings. The molecule has 0 fully saturated rings. The molecule has 0 rings (SSSR count). The van der Waals surface area contributed by atoms with Crippen molar-refractivity contribution in [3.8, 4) is 0 Å². The maximum Gasteiger partial charge on any atom is 0.472 e. The Morgan fingerprint density at radius 2 is 0.475 bits per heavy atom. The molecule has 4 unspecified atom stereocenters. The number of hydrogen-bond donors (Lipinski definition) is 3. The highest BCUT2D eigenvalue weighted by molar-refractivity contribution is 7.47. The molecule has 0 aliphatic rings. The van der Waals surface area contributed by atoms with Gasteiger partial charge in [0.05, 0.1) is 26.4 Å². The van der Waals surface area contributed by atoms with Crippen LogP contribution in [-0.4, -0.2) is 96.7 Å². The van der Waals surface area contributed by atoms with Crippen LogP contribution in [0.3, 0.4) is 0 Å². The Morgan fingerprint density at radius 1 is 0.277 bits per heavy atom. The molecule has 0 radical (unpaired) electrons. The summed E-state index contributed by atoms with van der Waals surface area (Å²) in [5, 5.41) is 10.6. The Labute approximate surface area is 619 Å². The molecule has 0 saturated heterocycles. The lowest BCUT2D eigenvalue weighted by Gasteiger charge is -2.21. The zero-order valence-corrected chi connectivity index (χ0v) is 68.3. The maximum atomic E-state index is 13.1. The summed E-state index contributed by atoms with van der Waals surface area (Å²) >= 11 is 0. The summed E-state index contributed by atoms with van der Waals surface area (Å²) in [6.45, 7) is 14.3. The Bertz CT molecular complexity index is 1980. The fraction of sp³-hybridized carbons (Fsp3) is 0.951. The van der Waals surface area contributed by atoms with Gasteiger partial charge in [-0.15, -0.1) is 0 Å². The first-order valence-electron chi connectivity index (χ1n) is 42.3. The van der Waals surface area contributed by atoms with Gasteiger partial charge in [0.2, 0.25) is 0 Å². The van der Waals surface area contributed by atoms with Gasteiger partial charge in [0.15, 0.2) is 12.2 Å². The van der Waals surface area contributed by atoms with Crippen LogP contribution in [0.5, 0.6) is 0 Å². The van der Waals surface area contributed by atoms with E-state index in [-0.39, 0.29) is 25.7 Å². The number of aliphatic hydroxyl groups is 1. The summed E-state index contributed by atoms with van der Waals surface area (Å²) in [7, 11) is -9.92. The van der Waals surface area contributed by atoms with Crippen LogP contribution in [0.1, 0.15) is 421 Å². The lowest BCUT2D eigenvalue weighted by Crippen LogP contribution is -2.30. The van der Waals surface area contributed by atoms with E-state index in [2.05, 4.69) is 55.4 Å². The summed E-state index contributed by atoms with van der Waals surface area (Å²) in [4.78, 5) is 73.0. The molecule has 0 aliphatic heterocycles. The van der Waals surface area contributed by atoms with Gasteiger partial charge in [-0.3, -0.25) is 37.3 Å². The summed E-state index contributed by atoms with van der Waals surface area (Å²) in [6.07, 6.45) is 58.4. The highest BCUT2D eigenvalue weighted by Crippen LogP contribution is 2.45. The summed E-state index contributed by atoms with van der Waals surface area (Å²) < 4.78 is 68.7. The topological polar surface area (TPSA) is 237 Å². The molecule has 0 bridgehead atoms. The van der Waals surface area contributed by atoms with Crippen molar-refractivity contribution in [1.82, 2.24) is 0 Å². The van der Waals surface area contributed by atoms with Crippen molar-refractivity contribution in [2.24, 2.45) is 23.7 Å². The number of carbonyl (C=O) groups excluding carboxylic acids is 4. The van der Waals surface area contributed by atoms with E-state index in [0.29, 0.717) is 31.6 Å². The lowest BCUT2D eigenvalue weighted by molar-refractivity contribution is -0.161. The number of carbonyl (C=O) groups is 4. The molecular formula is C82H160O17P2. The second kappa shape index (κ2) is 71.0. The Kier molecular flexibility index (Phi) is 69.6. The van der Waals surface area contributed by atoms with Gasteiger partial charge < -0.3 is 33.8 Å². The number of ether oxygens (including phenoxy) is 4. The number of unbranched alkanes of at least 4 members (excludes halogenated alkanes) is 43. The molecule has 0 amide bonds. The normalized spacial score (nSPS) is 14.5. The fourth-order valence-corrected chi connectivity index (χ4v) is 14.1. The zero-order valence-electron chi connectivity index (χ0n) is 66.5. The van der Waals surface area contributed by atoms with Crippen molar-refractivity contribution in [2.75, 3.05) is 39.6 Å². The molecule has 0 aromatic heterocycles. The minimum Gasteiger partial charge on any atom is -0.462 e. The first-order chi connectivity index (χ1) is 48.7. The predicted octanol–water partition coefficient (Wildman–Crippen LogP) is 24.4. The van der Waals surface area contributed by atoms with Gasteiger partial charge in [0, 0.05) is 25.7 Å². The molecule has 101 heavy (non-hydrogen) atoms. The molecule has 0 aliphatic carbocycles. The fourth-order valence-electron chi connectivity index (χ4n) is 12.5. The number of rotatable bonds is 79. The van der Waals surface area contributed by atoms with E-state index in [9.17, 15) is 43.2 Å². The van der Waals surface area contributed by atoms with Gasteiger partial charge in [-0.2, -0.15) is 0 Å². The first kappa shape index (κ1) is 99.1.